The molecule has 1 aromatic rings. The van der Waals surface area contributed by atoms with Gasteiger partial charge in [-0.15, -0.1) is 11.8 Å². The normalized spacial score (nSPS) is 11.6. The summed E-state index contributed by atoms with van der Waals surface area (Å²) < 4.78 is 0. The zero-order valence-electron chi connectivity index (χ0n) is 10.0. The minimum Gasteiger partial charge on any atom is -0.388 e. The van der Waals surface area contributed by atoms with Crippen molar-refractivity contribution in [3.05, 3.63) is 35.9 Å². The van der Waals surface area contributed by atoms with Crippen molar-refractivity contribution in [1.82, 2.24) is 5.32 Å². The van der Waals surface area contributed by atoms with Gasteiger partial charge in [-0.2, -0.15) is 5.26 Å². The number of aliphatic hydroxyl groups is 1. The Morgan fingerprint density at radius 3 is 2.83 bits per heavy atom. The molecule has 0 aliphatic heterocycles. The Labute approximate surface area is 111 Å². The first-order valence-corrected chi connectivity index (χ1v) is 6.84. The van der Waals surface area contributed by atoms with Crippen molar-refractivity contribution in [2.24, 2.45) is 0 Å². The van der Waals surface area contributed by atoms with E-state index in [1.807, 2.05) is 36.4 Å². The monoisotopic (exact) mass is 264 g/mol. The van der Waals surface area contributed by atoms with Crippen molar-refractivity contribution in [3.8, 4) is 6.07 Å². The van der Waals surface area contributed by atoms with Gasteiger partial charge in [0.25, 0.3) is 0 Å². The molecule has 1 aromatic carbocycles. The van der Waals surface area contributed by atoms with Crippen LogP contribution in [0.5, 0.6) is 0 Å². The van der Waals surface area contributed by atoms with Crippen molar-refractivity contribution in [2.45, 2.75) is 12.5 Å². The highest BCUT2D eigenvalue weighted by molar-refractivity contribution is 7.99. The van der Waals surface area contributed by atoms with Gasteiger partial charge in [0.2, 0.25) is 5.91 Å². The molecule has 96 valence electrons. The molecule has 2 N–H and O–H groups in total. The summed E-state index contributed by atoms with van der Waals surface area (Å²) in [6.07, 6.45) is -0.230. The fourth-order valence-electron chi connectivity index (χ4n) is 1.34. The SMILES string of the molecule is N#CCCNC(=O)CSCC(O)c1ccccc1. The summed E-state index contributed by atoms with van der Waals surface area (Å²) in [4.78, 5) is 11.3. The molecule has 0 heterocycles. The minimum absolute atomic E-state index is 0.101. The maximum absolute atomic E-state index is 11.3. The van der Waals surface area contributed by atoms with Crippen molar-refractivity contribution in [3.63, 3.8) is 0 Å². The van der Waals surface area contributed by atoms with Gasteiger partial charge in [-0.05, 0) is 5.56 Å². The number of benzene rings is 1. The number of nitriles is 1. The summed E-state index contributed by atoms with van der Waals surface area (Å²) in [7, 11) is 0. The molecule has 0 aliphatic rings. The van der Waals surface area contributed by atoms with Crippen LogP contribution in [0.25, 0.3) is 0 Å². The molecule has 0 saturated carbocycles. The van der Waals surface area contributed by atoms with Crippen LogP contribution in [-0.2, 0) is 4.79 Å². The summed E-state index contributed by atoms with van der Waals surface area (Å²) in [5.41, 5.74) is 0.856. The number of rotatable bonds is 7. The molecule has 5 heteroatoms. The topological polar surface area (TPSA) is 73.1 Å². The zero-order chi connectivity index (χ0) is 13.2. The third kappa shape index (κ3) is 5.71. The Morgan fingerprint density at radius 1 is 1.44 bits per heavy atom. The summed E-state index contributed by atoms with van der Waals surface area (Å²) in [5.74, 6) is 0.681. The predicted molar refractivity (Wildman–Crippen MR) is 72.0 cm³/mol. The lowest BCUT2D eigenvalue weighted by atomic mass is 10.1. The molecule has 0 radical (unpaired) electrons. The zero-order valence-corrected chi connectivity index (χ0v) is 10.8. The number of amides is 1. The fraction of sp³-hybridized carbons (Fsp3) is 0.385. The first-order valence-electron chi connectivity index (χ1n) is 5.68. The standard InChI is InChI=1S/C13H16N2O2S/c14-7-4-8-15-13(17)10-18-9-12(16)11-5-2-1-3-6-11/h1-3,5-6,12,16H,4,8-10H2,(H,15,17). The molecule has 1 amide bonds. The van der Waals surface area contributed by atoms with Crippen LogP contribution in [-0.4, -0.2) is 29.1 Å². The predicted octanol–water partition coefficient (Wildman–Crippen LogP) is 1.48. The van der Waals surface area contributed by atoms with Crippen LogP contribution < -0.4 is 5.32 Å². The lowest BCUT2D eigenvalue weighted by Crippen LogP contribution is -2.26. The van der Waals surface area contributed by atoms with E-state index in [0.717, 1.165) is 5.56 Å². The van der Waals surface area contributed by atoms with Crippen LogP contribution in [0.1, 0.15) is 18.1 Å². The van der Waals surface area contributed by atoms with Gasteiger partial charge >= 0.3 is 0 Å². The number of nitrogens with zero attached hydrogens (tertiary/aromatic N) is 1. The fourth-order valence-corrected chi connectivity index (χ4v) is 2.16. The Morgan fingerprint density at radius 2 is 2.17 bits per heavy atom. The van der Waals surface area contributed by atoms with Crippen LogP contribution in [0.15, 0.2) is 30.3 Å². The van der Waals surface area contributed by atoms with E-state index >= 15 is 0 Å². The van der Waals surface area contributed by atoms with Gasteiger partial charge < -0.3 is 10.4 Å². The van der Waals surface area contributed by atoms with Crippen molar-refractivity contribution in [1.29, 1.82) is 5.26 Å². The number of carbonyl (C=O) groups excluding carboxylic acids is 1. The van der Waals surface area contributed by atoms with E-state index in [-0.39, 0.29) is 5.91 Å². The van der Waals surface area contributed by atoms with Gasteiger partial charge in [-0.3, -0.25) is 4.79 Å². The third-order valence-corrected chi connectivity index (χ3v) is 3.27. The summed E-state index contributed by atoms with van der Waals surface area (Å²) in [5, 5.41) is 20.8. The third-order valence-electron chi connectivity index (χ3n) is 2.25. The highest BCUT2D eigenvalue weighted by atomic mass is 32.2. The number of hydrogen-bond acceptors (Lipinski definition) is 4. The Kier molecular flexibility index (Phi) is 6.92. The summed E-state index contributed by atoms with van der Waals surface area (Å²) >= 11 is 1.38. The van der Waals surface area contributed by atoms with Crippen LogP contribution in [0.4, 0.5) is 0 Å². The lowest BCUT2D eigenvalue weighted by Gasteiger charge is -2.10. The summed E-state index contributed by atoms with van der Waals surface area (Å²) in [6.45, 7) is 0.386. The van der Waals surface area contributed by atoms with Gasteiger partial charge in [-0.1, -0.05) is 30.3 Å². The van der Waals surface area contributed by atoms with E-state index in [4.69, 9.17) is 5.26 Å². The van der Waals surface area contributed by atoms with Crippen molar-refractivity contribution >= 4 is 17.7 Å². The highest BCUT2D eigenvalue weighted by Gasteiger charge is 2.08. The second-order valence-corrected chi connectivity index (χ2v) is 4.73. The van der Waals surface area contributed by atoms with Gasteiger partial charge in [-0.25, -0.2) is 0 Å². The number of hydrogen-bond donors (Lipinski definition) is 2. The molecular formula is C13H16N2O2S. The molecule has 4 nitrogen and oxygen atoms in total. The molecular weight excluding hydrogens is 248 g/mol. The largest absolute Gasteiger partial charge is 0.388 e. The van der Waals surface area contributed by atoms with E-state index < -0.39 is 6.10 Å². The molecule has 1 atom stereocenters. The van der Waals surface area contributed by atoms with Gasteiger partial charge in [0.05, 0.1) is 24.3 Å². The minimum atomic E-state index is -0.553. The molecule has 0 aliphatic carbocycles. The molecule has 0 saturated heterocycles. The maximum atomic E-state index is 11.3. The molecule has 0 spiro atoms. The first-order chi connectivity index (χ1) is 8.74. The van der Waals surface area contributed by atoms with E-state index in [1.54, 1.807) is 0 Å². The van der Waals surface area contributed by atoms with Crippen LogP contribution >= 0.6 is 11.8 Å². The number of thioether (sulfide) groups is 1. The number of aliphatic hydroxyl groups excluding tert-OH is 1. The van der Waals surface area contributed by atoms with Crippen molar-refractivity contribution in [2.75, 3.05) is 18.1 Å². The van der Waals surface area contributed by atoms with Gasteiger partial charge in [0, 0.05) is 12.3 Å². The van der Waals surface area contributed by atoms with E-state index in [0.29, 0.717) is 24.5 Å². The van der Waals surface area contributed by atoms with E-state index in [1.165, 1.54) is 11.8 Å². The Hall–Kier alpha value is -1.51. The quantitative estimate of drug-likeness (QED) is 0.732. The molecule has 0 fully saturated rings. The smallest absolute Gasteiger partial charge is 0.230 e. The Balaban J connectivity index is 2.18. The first kappa shape index (κ1) is 14.6. The molecule has 1 unspecified atom stereocenters. The van der Waals surface area contributed by atoms with E-state index in [9.17, 15) is 9.90 Å². The Bertz CT molecular complexity index is 403. The van der Waals surface area contributed by atoms with Crippen LogP contribution in [0.2, 0.25) is 0 Å². The van der Waals surface area contributed by atoms with E-state index in [2.05, 4.69) is 5.32 Å². The molecule has 1 rings (SSSR count). The highest BCUT2D eigenvalue weighted by Crippen LogP contribution is 2.17. The molecule has 0 aromatic heterocycles. The van der Waals surface area contributed by atoms with Crippen molar-refractivity contribution < 1.29 is 9.90 Å². The maximum Gasteiger partial charge on any atom is 0.230 e. The summed E-state index contributed by atoms with van der Waals surface area (Å²) in [6, 6.07) is 11.3. The number of carbonyl (C=O) groups is 1. The van der Waals surface area contributed by atoms with Gasteiger partial charge in [0.15, 0.2) is 0 Å². The molecule has 18 heavy (non-hydrogen) atoms. The second-order valence-electron chi connectivity index (χ2n) is 3.70. The van der Waals surface area contributed by atoms with Gasteiger partial charge in [0.1, 0.15) is 0 Å². The second kappa shape index (κ2) is 8.56. The van der Waals surface area contributed by atoms with Crippen LogP contribution in [0, 0.1) is 11.3 Å². The number of nitrogens with one attached hydrogen (secondary N) is 1. The van der Waals surface area contributed by atoms with Crippen LogP contribution in [0.3, 0.4) is 0 Å². The average molecular weight is 264 g/mol. The lowest BCUT2D eigenvalue weighted by molar-refractivity contribution is -0.118. The molecule has 0 bridgehead atoms. The average Bonchev–Trinajstić information content (AvgIpc) is 2.40.